The molecular formula is C20H22N4S2. The van der Waals surface area contributed by atoms with Crippen LogP contribution in [0.5, 0.6) is 0 Å². The second-order valence-corrected chi connectivity index (χ2v) is 6.90. The predicted molar refractivity (Wildman–Crippen MR) is 114 cm³/mol. The zero-order valence-corrected chi connectivity index (χ0v) is 16.3. The summed E-state index contributed by atoms with van der Waals surface area (Å²) in [7, 11) is 0. The van der Waals surface area contributed by atoms with Gasteiger partial charge in [-0.25, -0.2) is 4.99 Å². The summed E-state index contributed by atoms with van der Waals surface area (Å²) in [4.78, 5) is 5.80. The molecule has 0 fully saturated rings. The van der Waals surface area contributed by atoms with Crippen molar-refractivity contribution in [3.8, 4) is 11.3 Å². The number of rotatable bonds is 6. The van der Waals surface area contributed by atoms with Crippen LogP contribution < -0.4 is 15.4 Å². The monoisotopic (exact) mass is 382 g/mol. The highest BCUT2D eigenvalue weighted by atomic mass is 32.1. The molecular weight excluding hydrogens is 360 g/mol. The van der Waals surface area contributed by atoms with E-state index in [1.807, 2.05) is 43.3 Å². The SMILES string of the molecule is CCNC(=S)NCCn1c(-c2ccccc2)csc1=Nc1ccccc1. The van der Waals surface area contributed by atoms with E-state index in [-0.39, 0.29) is 0 Å². The molecule has 0 aliphatic rings. The van der Waals surface area contributed by atoms with Crippen molar-refractivity contribution in [1.29, 1.82) is 0 Å². The van der Waals surface area contributed by atoms with Crippen molar-refractivity contribution in [2.75, 3.05) is 13.1 Å². The smallest absolute Gasteiger partial charge is 0.190 e. The highest BCUT2D eigenvalue weighted by molar-refractivity contribution is 7.80. The van der Waals surface area contributed by atoms with Crippen LogP contribution in [-0.2, 0) is 6.54 Å². The Labute approximate surface area is 163 Å². The summed E-state index contributed by atoms with van der Waals surface area (Å²) in [6.07, 6.45) is 0. The highest BCUT2D eigenvalue weighted by Crippen LogP contribution is 2.20. The molecule has 0 atom stereocenters. The molecule has 0 unspecified atom stereocenters. The maximum absolute atomic E-state index is 5.26. The molecule has 2 N–H and O–H groups in total. The minimum absolute atomic E-state index is 0.686. The Balaban J connectivity index is 1.91. The Morgan fingerprint density at radius 1 is 1.04 bits per heavy atom. The minimum atomic E-state index is 0.686. The first-order valence-electron chi connectivity index (χ1n) is 8.63. The number of nitrogens with one attached hydrogen (secondary N) is 2. The topological polar surface area (TPSA) is 41.3 Å². The quantitative estimate of drug-likeness (QED) is 0.635. The molecule has 0 saturated heterocycles. The Morgan fingerprint density at radius 3 is 2.42 bits per heavy atom. The number of hydrogen-bond donors (Lipinski definition) is 2. The van der Waals surface area contributed by atoms with Gasteiger partial charge in [0.05, 0.1) is 11.4 Å². The van der Waals surface area contributed by atoms with Gasteiger partial charge in [-0.2, -0.15) is 0 Å². The fourth-order valence-electron chi connectivity index (χ4n) is 2.59. The molecule has 4 nitrogen and oxygen atoms in total. The molecule has 134 valence electrons. The van der Waals surface area contributed by atoms with Crippen molar-refractivity contribution in [2.45, 2.75) is 13.5 Å². The van der Waals surface area contributed by atoms with Gasteiger partial charge in [0.1, 0.15) is 0 Å². The van der Waals surface area contributed by atoms with Crippen LogP contribution in [0.2, 0.25) is 0 Å². The van der Waals surface area contributed by atoms with Gasteiger partial charge in [0.25, 0.3) is 0 Å². The third-order valence-electron chi connectivity index (χ3n) is 3.81. The number of hydrogen-bond acceptors (Lipinski definition) is 3. The van der Waals surface area contributed by atoms with Crippen LogP contribution in [0.3, 0.4) is 0 Å². The van der Waals surface area contributed by atoms with E-state index in [1.54, 1.807) is 11.3 Å². The molecule has 1 heterocycles. The first-order chi connectivity index (χ1) is 12.8. The molecule has 0 spiro atoms. The Kier molecular flexibility index (Phi) is 6.57. The number of benzene rings is 2. The average Bonchev–Trinajstić information content (AvgIpc) is 3.06. The van der Waals surface area contributed by atoms with E-state index < -0.39 is 0 Å². The first-order valence-corrected chi connectivity index (χ1v) is 9.92. The lowest BCUT2D eigenvalue weighted by molar-refractivity contribution is 0.659. The summed E-state index contributed by atoms with van der Waals surface area (Å²) in [6.45, 7) is 4.38. The summed E-state index contributed by atoms with van der Waals surface area (Å²) in [6, 6.07) is 20.5. The summed E-state index contributed by atoms with van der Waals surface area (Å²) in [5.74, 6) is 0. The van der Waals surface area contributed by atoms with Crippen molar-refractivity contribution in [1.82, 2.24) is 15.2 Å². The number of aromatic nitrogens is 1. The van der Waals surface area contributed by atoms with Gasteiger partial charge >= 0.3 is 0 Å². The van der Waals surface area contributed by atoms with Crippen molar-refractivity contribution < 1.29 is 0 Å². The molecule has 1 aromatic heterocycles. The van der Waals surface area contributed by atoms with Gasteiger partial charge in [-0.1, -0.05) is 48.5 Å². The number of nitrogens with zero attached hydrogens (tertiary/aromatic N) is 2. The normalized spacial score (nSPS) is 11.3. The van der Waals surface area contributed by atoms with Gasteiger partial charge in [-0.15, -0.1) is 11.3 Å². The van der Waals surface area contributed by atoms with Crippen molar-refractivity contribution in [3.05, 3.63) is 70.8 Å². The Hall–Kier alpha value is -2.44. The third-order valence-corrected chi connectivity index (χ3v) is 4.96. The summed E-state index contributed by atoms with van der Waals surface area (Å²) < 4.78 is 2.24. The molecule has 0 amide bonds. The number of para-hydroxylation sites is 1. The summed E-state index contributed by atoms with van der Waals surface area (Å²) >= 11 is 6.91. The van der Waals surface area contributed by atoms with E-state index in [9.17, 15) is 0 Å². The van der Waals surface area contributed by atoms with Gasteiger partial charge in [0.15, 0.2) is 9.91 Å². The van der Waals surface area contributed by atoms with Crippen LogP contribution in [0.15, 0.2) is 71.0 Å². The number of thiocarbonyl (C=S) groups is 1. The van der Waals surface area contributed by atoms with Gasteiger partial charge in [0, 0.05) is 25.0 Å². The second-order valence-electron chi connectivity index (χ2n) is 5.65. The molecule has 2 aromatic carbocycles. The van der Waals surface area contributed by atoms with Crippen LogP contribution in [0, 0.1) is 0 Å². The number of thiazole rings is 1. The van der Waals surface area contributed by atoms with E-state index in [1.165, 1.54) is 11.3 Å². The summed E-state index contributed by atoms with van der Waals surface area (Å²) in [5, 5.41) is 9.22. The van der Waals surface area contributed by atoms with Crippen molar-refractivity contribution in [3.63, 3.8) is 0 Å². The fourth-order valence-corrected chi connectivity index (χ4v) is 3.79. The lowest BCUT2D eigenvalue weighted by Gasteiger charge is -2.12. The summed E-state index contributed by atoms with van der Waals surface area (Å²) in [5.41, 5.74) is 3.31. The molecule has 26 heavy (non-hydrogen) atoms. The fraction of sp³-hybridized carbons (Fsp3) is 0.200. The molecule has 0 aliphatic carbocycles. The maximum atomic E-state index is 5.26. The van der Waals surface area contributed by atoms with Crippen LogP contribution in [0.25, 0.3) is 11.3 Å². The minimum Gasteiger partial charge on any atom is -0.363 e. The molecule has 0 bridgehead atoms. The Bertz CT molecular complexity index is 898. The molecule has 0 radical (unpaired) electrons. The van der Waals surface area contributed by atoms with Gasteiger partial charge in [-0.05, 0) is 36.8 Å². The van der Waals surface area contributed by atoms with Gasteiger partial charge < -0.3 is 15.2 Å². The van der Waals surface area contributed by atoms with E-state index in [0.29, 0.717) is 5.11 Å². The van der Waals surface area contributed by atoms with Crippen LogP contribution in [-0.4, -0.2) is 22.8 Å². The standard InChI is InChI=1S/C20H22N4S2/c1-2-21-19(25)22-13-14-24-18(16-9-5-3-6-10-16)15-26-20(24)23-17-11-7-4-8-12-17/h3-12,15H,2,13-14H2,1H3,(H2,21,22,25). The molecule has 0 saturated carbocycles. The third kappa shape index (κ3) is 4.80. The highest BCUT2D eigenvalue weighted by Gasteiger charge is 2.08. The van der Waals surface area contributed by atoms with E-state index in [4.69, 9.17) is 17.2 Å². The zero-order chi connectivity index (χ0) is 18.2. The van der Waals surface area contributed by atoms with Crippen molar-refractivity contribution >= 4 is 34.4 Å². The second kappa shape index (κ2) is 9.31. The van der Waals surface area contributed by atoms with E-state index in [0.717, 1.165) is 30.1 Å². The zero-order valence-electron chi connectivity index (χ0n) is 14.7. The first kappa shape index (κ1) is 18.4. The lowest BCUT2D eigenvalue weighted by atomic mass is 10.2. The van der Waals surface area contributed by atoms with E-state index >= 15 is 0 Å². The van der Waals surface area contributed by atoms with Crippen LogP contribution in [0.4, 0.5) is 5.69 Å². The Morgan fingerprint density at radius 2 is 1.73 bits per heavy atom. The van der Waals surface area contributed by atoms with Crippen molar-refractivity contribution in [2.24, 2.45) is 4.99 Å². The lowest BCUT2D eigenvalue weighted by Crippen LogP contribution is -2.37. The van der Waals surface area contributed by atoms with Gasteiger partial charge in [-0.3, -0.25) is 0 Å². The maximum Gasteiger partial charge on any atom is 0.190 e. The van der Waals surface area contributed by atoms with Crippen LogP contribution in [0.1, 0.15) is 6.92 Å². The average molecular weight is 383 g/mol. The van der Waals surface area contributed by atoms with Crippen LogP contribution >= 0.6 is 23.6 Å². The molecule has 6 heteroatoms. The molecule has 3 aromatic rings. The molecule has 0 aliphatic heterocycles. The largest absolute Gasteiger partial charge is 0.363 e. The van der Waals surface area contributed by atoms with Gasteiger partial charge in [0.2, 0.25) is 0 Å². The molecule has 3 rings (SSSR count). The van der Waals surface area contributed by atoms with E-state index in [2.05, 4.69) is 44.8 Å². The predicted octanol–water partition coefficient (Wildman–Crippen LogP) is 3.93.